The van der Waals surface area contributed by atoms with E-state index in [2.05, 4.69) is 15.0 Å². The van der Waals surface area contributed by atoms with Gasteiger partial charge in [-0.25, -0.2) is 14.1 Å². The first-order valence-corrected chi connectivity index (χ1v) is 10.3. The molecule has 2 aromatic heterocycles. The van der Waals surface area contributed by atoms with Crippen LogP contribution in [-0.2, 0) is 4.74 Å². The number of aromatic nitrogens is 3. The number of rotatable bonds is 3. The lowest BCUT2D eigenvalue weighted by molar-refractivity contribution is 0.0822. The van der Waals surface area contributed by atoms with E-state index >= 15 is 0 Å². The monoisotopic (exact) mass is 425 g/mol. The van der Waals surface area contributed by atoms with Crippen molar-refractivity contribution < 1.29 is 19.0 Å². The zero-order valence-electron chi connectivity index (χ0n) is 17.7. The zero-order chi connectivity index (χ0) is 21.9. The predicted molar refractivity (Wildman–Crippen MR) is 113 cm³/mol. The van der Waals surface area contributed by atoms with Crippen LogP contribution < -0.4 is 4.90 Å². The molecule has 2 aliphatic rings. The molecule has 1 spiro atoms. The highest BCUT2D eigenvalue weighted by Gasteiger charge is 2.50. The molecule has 3 aromatic rings. The summed E-state index contributed by atoms with van der Waals surface area (Å²) in [5, 5.41) is 15.6. The zero-order valence-corrected chi connectivity index (χ0v) is 17.7. The first-order chi connectivity index (χ1) is 14.8. The lowest BCUT2D eigenvalue weighted by Gasteiger charge is -2.37. The van der Waals surface area contributed by atoms with Crippen molar-refractivity contribution in [2.75, 3.05) is 38.8 Å². The number of hydrogen-bond donors (Lipinski definition) is 1. The van der Waals surface area contributed by atoms with Crippen LogP contribution in [0, 0.1) is 12.7 Å². The van der Waals surface area contributed by atoms with Crippen molar-refractivity contribution in [3.8, 4) is 11.4 Å². The molecule has 0 atom stereocenters. The topological polar surface area (TPSA) is 83.7 Å². The number of fused-ring (bicyclic) bond motifs is 1. The quantitative estimate of drug-likeness (QED) is 0.695. The molecular weight excluding hydrogens is 401 g/mol. The van der Waals surface area contributed by atoms with Gasteiger partial charge in [0.05, 0.1) is 47.4 Å². The van der Waals surface area contributed by atoms with E-state index < -0.39 is 17.5 Å². The molecule has 1 aliphatic carbocycles. The minimum absolute atomic E-state index is 0.0625. The molecule has 162 valence electrons. The molecule has 1 N–H and O–H groups in total. The molecule has 1 saturated heterocycles. The van der Waals surface area contributed by atoms with Crippen molar-refractivity contribution in [3.05, 3.63) is 41.5 Å². The van der Waals surface area contributed by atoms with Gasteiger partial charge in [0.25, 0.3) is 5.91 Å². The maximum absolute atomic E-state index is 14.4. The average Bonchev–Trinajstić information content (AvgIpc) is 3.44. The van der Waals surface area contributed by atoms with E-state index in [4.69, 9.17) is 4.74 Å². The van der Waals surface area contributed by atoms with Gasteiger partial charge in [0, 0.05) is 32.1 Å². The summed E-state index contributed by atoms with van der Waals surface area (Å²) < 4.78 is 21.7. The van der Waals surface area contributed by atoms with E-state index in [1.165, 1.54) is 31.1 Å². The smallest absolute Gasteiger partial charge is 0.256 e. The SMILES string of the molecule is Cc1nn(-c2cc(O)c(F)c(C(=O)N(C)C)c2)c2cnc(N3CCOCC34CC4)cc12. The van der Waals surface area contributed by atoms with Crippen LogP contribution in [-0.4, -0.2) is 70.1 Å². The first kappa shape index (κ1) is 19.7. The average molecular weight is 425 g/mol. The lowest BCUT2D eigenvalue weighted by atomic mass is 10.1. The minimum Gasteiger partial charge on any atom is -0.505 e. The Morgan fingerprint density at radius 1 is 1.29 bits per heavy atom. The summed E-state index contributed by atoms with van der Waals surface area (Å²) in [6.07, 6.45) is 3.94. The molecule has 8 nitrogen and oxygen atoms in total. The minimum atomic E-state index is -0.946. The number of halogens is 1. The fraction of sp³-hybridized carbons (Fsp3) is 0.409. The van der Waals surface area contributed by atoms with Crippen molar-refractivity contribution in [1.29, 1.82) is 0 Å². The number of ether oxygens (including phenoxy) is 1. The van der Waals surface area contributed by atoms with E-state index in [9.17, 15) is 14.3 Å². The van der Waals surface area contributed by atoms with Crippen molar-refractivity contribution in [2.45, 2.75) is 25.3 Å². The van der Waals surface area contributed by atoms with Gasteiger partial charge in [0.15, 0.2) is 11.6 Å². The summed E-state index contributed by atoms with van der Waals surface area (Å²) in [5.41, 5.74) is 1.74. The number of carbonyl (C=O) groups excluding carboxylic acids is 1. The summed E-state index contributed by atoms with van der Waals surface area (Å²) >= 11 is 0. The summed E-state index contributed by atoms with van der Waals surface area (Å²) in [7, 11) is 3.06. The van der Waals surface area contributed by atoms with Crippen LogP contribution in [0.4, 0.5) is 10.2 Å². The van der Waals surface area contributed by atoms with E-state index in [1.54, 1.807) is 10.9 Å². The summed E-state index contributed by atoms with van der Waals surface area (Å²) in [5.74, 6) is -1.19. The van der Waals surface area contributed by atoms with Crippen LogP contribution in [0.15, 0.2) is 24.4 Å². The molecule has 31 heavy (non-hydrogen) atoms. The number of benzene rings is 1. The molecule has 1 amide bonds. The van der Waals surface area contributed by atoms with Crippen LogP contribution in [0.2, 0.25) is 0 Å². The Balaban J connectivity index is 1.60. The number of morpholine rings is 1. The third-order valence-corrected chi connectivity index (χ3v) is 6.16. The normalized spacial score (nSPS) is 17.4. The second-order valence-electron chi connectivity index (χ2n) is 8.51. The number of phenols is 1. The molecule has 9 heteroatoms. The van der Waals surface area contributed by atoms with Gasteiger partial charge < -0.3 is 19.6 Å². The molecule has 1 aliphatic heterocycles. The third kappa shape index (κ3) is 3.11. The fourth-order valence-corrected chi connectivity index (χ4v) is 4.26. The summed E-state index contributed by atoms with van der Waals surface area (Å²) in [6, 6.07) is 4.69. The Kier molecular flexibility index (Phi) is 4.40. The van der Waals surface area contributed by atoms with E-state index in [1.807, 2.05) is 13.0 Å². The molecular formula is C22H24FN5O3. The Hall–Kier alpha value is -3.20. The Morgan fingerprint density at radius 3 is 2.77 bits per heavy atom. The van der Waals surface area contributed by atoms with Crippen LogP contribution in [0.1, 0.15) is 28.9 Å². The Labute approximate surface area is 178 Å². The number of nitrogens with zero attached hydrogens (tertiary/aromatic N) is 5. The highest BCUT2D eigenvalue weighted by atomic mass is 19.1. The van der Waals surface area contributed by atoms with E-state index in [0.29, 0.717) is 17.8 Å². The van der Waals surface area contributed by atoms with E-state index in [0.717, 1.165) is 42.9 Å². The molecule has 3 heterocycles. The number of aryl methyl sites for hydroxylation is 1. The molecule has 5 rings (SSSR count). The lowest BCUT2D eigenvalue weighted by Crippen LogP contribution is -2.48. The van der Waals surface area contributed by atoms with E-state index in [-0.39, 0.29) is 11.1 Å². The molecule has 1 aromatic carbocycles. The number of anilines is 1. The number of aromatic hydroxyl groups is 1. The van der Waals surface area contributed by atoms with Gasteiger partial charge >= 0.3 is 0 Å². The maximum atomic E-state index is 14.4. The fourth-order valence-electron chi connectivity index (χ4n) is 4.26. The Morgan fingerprint density at radius 2 is 2.06 bits per heavy atom. The number of pyridine rings is 1. The van der Waals surface area contributed by atoms with Crippen LogP contribution in [0.3, 0.4) is 0 Å². The van der Waals surface area contributed by atoms with Crippen LogP contribution >= 0.6 is 0 Å². The van der Waals surface area contributed by atoms with Gasteiger partial charge in [0.1, 0.15) is 5.82 Å². The predicted octanol–water partition coefficient (Wildman–Crippen LogP) is 2.64. The van der Waals surface area contributed by atoms with Gasteiger partial charge in [-0.05, 0) is 31.9 Å². The van der Waals surface area contributed by atoms with Crippen LogP contribution in [0.25, 0.3) is 16.6 Å². The van der Waals surface area contributed by atoms with Crippen molar-refractivity contribution in [1.82, 2.24) is 19.7 Å². The first-order valence-electron chi connectivity index (χ1n) is 10.3. The standard InChI is InChI=1S/C22H24FN5O3/c1-13-15-10-19(27-6-7-31-12-22(27)4-5-22)24-11-17(15)28(25-13)14-8-16(21(30)26(2)3)20(23)18(29)9-14/h8-11,29H,4-7,12H2,1-3H3. The second-order valence-corrected chi connectivity index (χ2v) is 8.51. The van der Waals surface area contributed by atoms with Gasteiger partial charge in [0.2, 0.25) is 0 Å². The molecule has 2 fully saturated rings. The number of phenolic OH excluding ortho intramolecular Hbond substituents is 1. The summed E-state index contributed by atoms with van der Waals surface area (Å²) in [4.78, 5) is 20.6. The Bertz CT molecular complexity index is 1200. The number of carbonyl (C=O) groups is 1. The van der Waals surface area contributed by atoms with Gasteiger partial charge in [-0.1, -0.05) is 0 Å². The van der Waals surface area contributed by atoms with Crippen LogP contribution in [0.5, 0.6) is 5.75 Å². The molecule has 1 saturated carbocycles. The maximum Gasteiger partial charge on any atom is 0.256 e. The number of amides is 1. The van der Waals surface area contributed by atoms with Gasteiger partial charge in [-0.15, -0.1) is 0 Å². The second kappa shape index (κ2) is 6.91. The summed E-state index contributed by atoms with van der Waals surface area (Å²) in [6.45, 7) is 4.09. The highest BCUT2D eigenvalue weighted by molar-refractivity contribution is 5.95. The van der Waals surface area contributed by atoms with Gasteiger partial charge in [-0.2, -0.15) is 5.10 Å². The van der Waals surface area contributed by atoms with Gasteiger partial charge in [-0.3, -0.25) is 4.79 Å². The van der Waals surface area contributed by atoms with Crippen molar-refractivity contribution in [2.24, 2.45) is 0 Å². The third-order valence-electron chi connectivity index (χ3n) is 6.16. The molecule has 0 radical (unpaired) electrons. The molecule has 0 unspecified atom stereocenters. The molecule has 0 bridgehead atoms. The largest absolute Gasteiger partial charge is 0.505 e. The highest BCUT2D eigenvalue weighted by Crippen LogP contribution is 2.45. The van der Waals surface area contributed by atoms with Crippen molar-refractivity contribution in [3.63, 3.8) is 0 Å². The number of hydrogen-bond acceptors (Lipinski definition) is 6. The van der Waals surface area contributed by atoms with Crippen molar-refractivity contribution >= 4 is 22.6 Å².